The molecule has 4 heterocycles. The van der Waals surface area contributed by atoms with Crippen LogP contribution >= 0.6 is 0 Å². The minimum Gasteiger partial charge on any atom is -0.350 e. The summed E-state index contributed by atoms with van der Waals surface area (Å²) in [4.78, 5) is 17.6. The van der Waals surface area contributed by atoms with Crippen molar-refractivity contribution in [2.45, 2.75) is 39.3 Å². The number of aromatic nitrogens is 5. The minimum absolute atomic E-state index is 0.116. The molecule has 4 rings (SSSR count). The molecule has 10 heteroatoms. The topological polar surface area (TPSA) is 115 Å². The van der Waals surface area contributed by atoms with Crippen LogP contribution in [0.25, 0.3) is 11.0 Å². The van der Waals surface area contributed by atoms with Crippen molar-refractivity contribution in [2.75, 3.05) is 22.1 Å². The van der Waals surface area contributed by atoms with Crippen molar-refractivity contribution in [1.29, 1.82) is 0 Å². The zero-order chi connectivity index (χ0) is 19.9. The largest absolute Gasteiger partial charge is 0.350 e. The number of imidazole rings is 1. The predicted octanol–water partition coefficient (Wildman–Crippen LogP) is 2.45. The van der Waals surface area contributed by atoms with E-state index in [9.17, 15) is 8.42 Å². The molecule has 0 bridgehead atoms. The van der Waals surface area contributed by atoms with E-state index in [1.165, 1.54) is 0 Å². The first-order valence-corrected chi connectivity index (χ1v) is 11.0. The fourth-order valence-corrected chi connectivity index (χ4v) is 5.23. The molecule has 0 aromatic carbocycles. The molecule has 0 spiro atoms. The van der Waals surface area contributed by atoms with E-state index in [1.807, 2.05) is 13.0 Å². The number of sulfone groups is 1. The number of nitrogens with one attached hydrogen (secondary N) is 2. The molecule has 0 radical (unpaired) electrons. The Bertz CT molecular complexity index is 1120. The van der Waals surface area contributed by atoms with E-state index in [1.54, 1.807) is 18.5 Å². The molecule has 0 saturated carbocycles. The molecule has 0 amide bonds. The fourth-order valence-electron chi connectivity index (χ4n) is 3.56. The Morgan fingerprint density at radius 2 is 2.04 bits per heavy atom. The van der Waals surface area contributed by atoms with Crippen molar-refractivity contribution in [3.63, 3.8) is 0 Å². The van der Waals surface area contributed by atoms with Crippen LogP contribution in [-0.4, -0.2) is 50.5 Å². The van der Waals surface area contributed by atoms with Crippen LogP contribution in [0.2, 0.25) is 0 Å². The summed E-state index contributed by atoms with van der Waals surface area (Å²) in [5, 5.41) is 6.30. The van der Waals surface area contributed by atoms with Gasteiger partial charge in [-0.3, -0.25) is 0 Å². The van der Waals surface area contributed by atoms with Crippen LogP contribution < -0.4 is 10.6 Å². The third-order valence-corrected chi connectivity index (χ3v) is 6.51. The van der Waals surface area contributed by atoms with Gasteiger partial charge in [0, 0.05) is 24.3 Å². The zero-order valence-electron chi connectivity index (χ0n) is 16.0. The Morgan fingerprint density at radius 3 is 2.75 bits per heavy atom. The molecule has 1 atom stereocenters. The van der Waals surface area contributed by atoms with Gasteiger partial charge in [0.15, 0.2) is 9.84 Å². The van der Waals surface area contributed by atoms with Crippen molar-refractivity contribution in [3.8, 4) is 0 Å². The highest BCUT2D eigenvalue weighted by atomic mass is 32.2. The summed E-state index contributed by atoms with van der Waals surface area (Å²) >= 11 is 0. The Labute approximate surface area is 163 Å². The quantitative estimate of drug-likeness (QED) is 0.670. The SMILES string of the molecule is Cc1nc2cnc(Nc3ccnc(NC4CCS(=O)(=O)C4)n3)cc2n1C(C)C. The Hall–Kier alpha value is -2.75. The molecule has 3 aromatic rings. The molecular formula is C18H23N7O2S. The van der Waals surface area contributed by atoms with Crippen molar-refractivity contribution in [1.82, 2.24) is 24.5 Å². The van der Waals surface area contributed by atoms with Crippen LogP contribution in [0.5, 0.6) is 0 Å². The summed E-state index contributed by atoms with van der Waals surface area (Å²) in [7, 11) is -2.96. The van der Waals surface area contributed by atoms with Crippen molar-refractivity contribution < 1.29 is 8.42 Å². The van der Waals surface area contributed by atoms with Gasteiger partial charge in [0.1, 0.15) is 23.0 Å². The summed E-state index contributed by atoms with van der Waals surface area (Å²) < 4.78 is 25.4. The van der Waals surface area contributed by atoms with E-state index in [4.69, 9.17) is 0 Å². The Morgan fingerprint density at radius 1 is 1.21 bits per heavy atom. The molecule has 3 aromatic heterocycles. The first-order chi connectivity index (χ1) is 13.3. The van der Waals surface area contributed by atoms with Crippen molar-refractivity contribution >= 4 is 38.5 Å². The number of anilines is 3. The van der Waals surface area contributed by atoms with Gasteiger partial charge >= 0.3 is 0 Å². The lowest BCUT2D eigenvalue weighted by Crippen LogP contribution is -2.22. The van der Waals surface area contributed by atoms with Crippen LogP contribution in [0.3, 0.4) is 0 Å². The number of aryl methyl sites for hydroxylation is 1. The summed E-state index contributed by atoms with van der Waals surface area (Å²) in [5.74, 6) is 2.90. The zero-order valence-corrected chi connectivity index (χ0v) is 16.9. The normalized spacial score (nSPS) is 18.6. The lowest BCUT2D eigenvalue weighted by Gasteiger charge is -2.13. The first-order valence-electron chi connectivity index (χ1n) is 9.22. The number of hydrogen-bond acceptors (Lipinski definition) is 8. The van der Waals surface area contributed by atoms with Crippen LogP contribution in [0.15, 0.2) is 24.5 Å². The second-order valence-corrected chi connectivity index (χ2v) is 9.54. The van der Waals surface area contributed by atoms with Crippen LogP contribution in [0, 0.1) is 6.92 Å². The van der Waals surface area contributed by atoms with Crippen molar-refractivity contribution in [3.05, 3.63) is 30.4 Å². The second kappa shape index (κ2) is 7.01. The smallest absolute Gasteiger partial charge is 0.224 e. The van der Waals surface area contributed by atoms with E-state index in [0.717, 1.165) is 16.9 Å². The number of fused-ring (bicyclic) bond motifs is 1. The van der Waals surface area contributed by atoms with Gasteiger partial charge in [-0.15, -0.1) is 0 Å². The monoisotopic (exact) mass is 401 g/mol. The van der Waals surface area contributed by atoms with E-state index in [2.05, 4.69) is 49.0 Å². The van der Waals surface area contributed by atoms with Gasteiger partial charge in [-0.25, -0.2) is 23.4 Å². The first kappa shape index (κ1) is 18.6. The van der Waals surface area contributed by atoms with Gasteiger partial charge in [0.05, 0.1) is 23.2 Å². The van der Waals surface area contributed by atoms with Gasteiger partial charge in [-0.05, 0) is 33.3 Å². The standard InChI is InChI=1S/C18H23N7O2S/c1-11(2)25-12(3)21-14-9-20-17(8-15(14)25)23-16-4-6-19-18(24-16)22-13-5-7-28(26,27)10-13/h4,6,8-9,11,13H,5,7,10H2,1-3H3,(H2,19,20,22,23,24). The average molecular weight is 401 g/mol. The van der Waals surface area contributed by atoms with E-state index in [0.29, 0.717) is 24.0 Å². The summed E-state index contributed by atoms with van der Waals surface area (Å²) in [5.41, 5.74) is 1.86. The summed E-state index contributed by atoms with van der Waals surface area (Å²) in [6.45, 7) is 6.22. The summed E-state index contributed by atoms with van der Waals surface area (Å²) in [6, 6.07) is 3.83. The maximum atomic E-state index is 11.6. The molecule has 0 aliphatic carbocycles. The molecule has 28 heavy (non-hydrogen) atoms. The highest BCUT2D eigenvalue weighted by Gasteiger charge is 2.28. The van der Waals surface area contributed by atoms with E-state index >= 15 is 0 Å². The predicted molar refractivity (Wildman–Crippen MR) is 109 cm³/mol. The molecular weight excluding hydrogens is 378 g/mol. The fraction of sp³-hybridized carbons (Fsp3) is 0.444. The molecule has 1 fully saturated rings. The molecule has 148 valence electrons. The second-order valence-electron chi connectivity index (χ2n) is 7.32. The molecule has 1 unspecified atom stereocenters. The van der Waals surface area contributed by atoms with Gasteiger partial charge in [-0.1, -0.05) is 0 Å². The van der Waals surface area contributed by atoms with Crippen molar-refractivity contribution in [2.24, 2.45) is 0 Å². The van der Waals surface area contributed by atoms with Gasteiger partial charge in [0.25, 0.3) is 0 Å². The maximum absolute atomic E-state index is 11.6. The minimum atomic E-state index is -2.96. The van der Waals surface area contributed by atoms with Gasteiger partial charge in [-0.2, -0.15) is 4.98 Å². The van der Waals surface area contributed by atoms with Gasteiger partial charge in [0.2, 0.25) is 5.95 Å². The average Bonchev–Trinajstić information content (AvgIpc) is 3.12. The van der Waals surface area contributed by atoms with Gasteiger partial charge < -0.3 is 15.2 Å². The highest BCUT2D eigenvalue weighted by Crippen LogP contribution is 2.24. The number of rotatable bonds is 5. The van der Waals surface area contributed by atoms with Crippen LogP contribution in [0.4, 0.5) is 17.6 Å². The number of pyridine rings is 1. The van der Waals surface area contributed by atoms with Crippen LogP contribution in [0.1, 0.15) is 32.1 Å². The lowest BCUT2D eigenvalue weighted by molar-refractivity contribution is 0.600. The summed E-state index contributed by atoms with van der Waals surface area (Å²) in [6.07, 6.45) is 3.94. The Kier molecular flexibility index (Phi) is 4.66. The molecule has 1 saturated heterocycles. The third kappa shape index (κ3) is 3.77. The van der Waals surface area contributed by atoms with E-state index in [-0.39, 0.29) is 23.6 Å². The Balaban J connectivity index is 1.55. The van der Waals surface area contributed by atoms with E-state index < -0.39 is 9.84 Å². The highest BCUT2D eigenvalue weighted by molar-refractivity contribution is 7.91. The lowest BCUT2D eigenvalue weighted by atomic mass is 10.3. The molecule has 1 aliphatic heterocycles. The molecule has 9 nitrogen and oxygen atoms in total. The maximum Gasteiger partial charge on any atom is 0.224 e. The number of nitrogens with zero attached hydrogens (tertiary/aromatic N) is 5. The molecule has 1 aliphatic rings. The third-order valence-electron chi connectivity index (χ3n) is 4.75. The number of hydrogen-bond donors (Lipinski definition) is 2. The van der Waals surface area contributed by atoms with Crippen LogP contribution in [-0.2, 0) is 9.84 Å². The molecule has 2 N–H and O–H groups in total.